The number of halogens is 2. The lowest BCUT2D eigenvalue weighted by atomic mass is 10.3. The average Bonchev–Trinajstić information content (AvgIpc) is 2.66. The highest BCUT2D eigenvalue weighted by Crippen LogP contribution is 2.24. The van der Waals surface area contributed by atoms with Gasteiger partial charge >= 0.3 is 0 Å². The van der Waals surface area contributed by atoms with Gasteiger partial charge in [-0.3, -0.25) is 4.21 Å². The van der Waals surface area contributed by atoms with Gasteiger partial charge in [-0.2, -0.15) is 4.68 Å². The van der Waals surface area contributed by atoms with Crippen molar-refractivity contribution >= 4 is 34.0 Å². The predicted molar refractivity (Wildman–Crippen MR) is 61.5 cm³/mol. The molecule has 1 heterocycles. The molecular weight excluding hydrogens is 271 g/mol. The molecule has 8 heteroatoms. The van der Waals surface area contributed by atoms with Crippen LogP contribution in [0, 0.1) is 0 Å². The van der Waals surface area contributed by atoms with Crippen molar-refractivity contribution in [3.8, 4) is 5.69 Å². The van der Waals surface area contributed by atoms with Crippen molar-refractivity contribution in [3.63, 3.8) is 0 Å². The molecule has 1 aromatic carbocycles. The van der Waals surface area contributed by atoms with Gasteiger partial charge in [-0.1, -0.05) is 28.3 Å². The van der Waals surface area contributed by atoms with E-state index in [1.165, 1.54) is 10.9 Å². The number of rotatable bonds is 2. The Morgan fingerprint density at radius 2 is 2.12 bits per heavy atom. The van der Waals surface area contributed by atoms with Crippen LogP contribution in [0.25, 0.3) is 5.69 Å². The summed E-state index contributed by atoms with van der Waals surface area (Å²) in [4.78, 5) is 0. The molecule has 0 aliphatic rings. The Morgan fingerprint density at radius 3 is 2.75 bits per heavy atom. The van der Waals surface area contributed by atoms with Gasteiger partial charge in [-0.15, -0.1) is 0 Å². The number of tetrazole rings is 1. The Bertz CT molecular complexity index is 557. The first-order valence-electron chi connectivity index (χ1n) is 4.17. The summed E-state index contributed by atoms with van der Waals surface area (Å²) in [7, 11) is -1.29. The summed E-state index contributed by atoms with van der Waals surface area (Å²) >= 11 is 11.8. The van der Waals surface area contributed by atoms with Crippen LogP contribution in [0.5, 0.6) is 0 Å². The predicted octanol–water partition coefficient (Wildman–Crippen LogP) is 1.71. The summed E-state index contributed by atoms with van der Waals surface area (Å²) in [5.74, 6) is 0. The Labute approximate surface area is 104 Å². The summed E-state index contributed by atoms with van der Waals surface area (Å²) < 4.78 is 12.7. The third kappa shape index (κ3) is 2.09. The van der Waals surface area contributed by atoms with E-state index >= 15 is 0 Å². The fourth-order valence-electron chi connectivity index (χ4n) is 1.16. The fourth-order valence-corrected chi connectivity index (χ4v) is 2.18. The van der Waals surface area contributed by atoms with Crippen molar-refractivity contribution in [1.82, 2.24) is 20.2 Å². The second kappa shape index (κ2) is 4.48. The molecule has 2 aromatic rings. The van der Waals surface area contributed by atoms with Crippen LogP contribution >= 0.6 is 23.2 Å². The van der Waals surface area contributed by atoms with Crippen molar-refractivity contribution in [2.45, 2.75) is 5.16 Å². The quantitative estimate of drug-likeness (QED) is 0.838. The molecule has 0 N–H and O–H groups in total. The molecule has 0 amide bonds. The first kappa shape index (κ1) is 11.5. The van der Waals surface area contributed by atoms with E-state index in [1.807, 2.05) is 0 Å². The van der Waals surface area contributed by atoms with Gasteiger partial charge in [-0.05, 0) is 28.6 Å². The van der Waals surface area contributed by atoms with Gasteiger partial charge < -0.3 is 0 Å². The smallest absolute Gasteiger partial charge is 0.244 e. The molecule has 1 atom stereocenters. The van der Waals surface area contributed by atoms with E-state index < -0.39 is 10.8 Å². The van der Waals surface area contributed by atoms with Crippen molar-refractivity contribution in [2.24, 2.45) is 0 Å². The highest BCUT2D eigenvalue weighted by Gasteiger charge is 2.14. The van der Waals surface area contributed by atoms with Crippen molar-refractivity contribution in [3.05, 3.63) is 28.2 Å². The van der Waals surface area contributed by atoms with Gasteiger partial charge in [0.2, 0.25) is 5.16 Å². The fraction of sp³-hybridized carbons (Fsp3) is 0.125. The molecule has 0 aliphatic heterocycles. The molecule has 0 radical (unpaired) electrons. The Balaban J connectivity index is 2.59. The summed E-state index contributed by atoms with van der Waals surface area (Å²) in [6.07, 6.45) is 1.49. The van der Waals surface area contributed by atoms with Gasteiger partial charge in [0, 0.05) is 11.3 Å². The molecule has 0 bridgehead atoms. The monoisotopic (exact) mass is 276 g/mol. The molecule has 16 heavy (non-hydrogen) atoms. The molecule has 0 spiro atoms. The molecule has 1 aromatic heterocycles. The van der Waals surface area contributed by atoms with Gasteiger partial charge in [-0.25, -0.2) is 0 Å². The second-order valence-electron chi connectivity index (χ2n) is 2.92. The van der Waals surface area contributed by atoms with Gasteiger partial charge in [0.25, 0.3) is 0 Å². The second-order valence-corrected chi connectivity index (χ2v) is 5.04. The Kier molecular flexibility index (Phi) is 3.22. The van der Waals surface area contributed by atoms with E-state index in [1.54, 1.807) is 18.2 Å². The highest BCUT2D eigenvalue weighted by atomic mass is 35.5. The molecule has 84 valence electrons. The number of benzene rings is 1. The van der Waals surface area contributed by atoms with Crippen LogP contribution in [-0.2, 0) is 10.8 Å². The van der Waals surface area contributed by atoms with Crippen LogP contribution in [0.1, 0.15) is 0 Å². The van der Waals surface area contributed by atoms with E-state index in [4.69, 9.17) is 23.2 Å². The molecule has 5 nitrogen and oxygen atoms in total. The van der Waals surface area contributed by atoms with E-state index in [0.29, 0.717) is 15.7 Å². The van der Waals surface area contributed by atoms with Crippen molar-refractivity contribution < 1.29 is 4.21 Å². The lowest BCUT2D eigenvalue weighted by Gasteiger charge is -2.04. The maximum atomic E-state index is 11.4. The van der Waals surface area contributed by atoms with Crippen molar-refractivity contribution in [2.75, 3.05) is 6.26 Å². The van der Waals surface area contributed by atoms with Crippen LogP contribution in [-0.4, -0.2) is 30.7 Å². The maximum absolute atomic E-state index is 11.4. The standard InChI is InChI=1S/C8H6Cl2N4OS/c1-16(15)8-11-12-13-14(8)7-3-2-5(9)4-6(7)10/h2-4H,1H3. The number of aromatic nitrogens is 4. The zero-order chi connectivity index (χ0) is 11.7. The largest absolute Gasteiger partial charge is 0.251 e. The van der Waals surface area contributed by atoms with Crippen LogP contribution in [0.3, 0.4) is 0 Å². The average molecular weight is 277 g/mol. The van der Waals surface area contributed by atoms with Gasteiger partial charge in [0.05, 0.1) is 21.5 Å². The minimum absolute atomic E-state index is 0.240. The zero-order valence-corrected chi connectivity index (χ0v) is 10.4. The normalized spacial score (nSPS) is 12.7. The number of hydrogen-bond acceptors (Lipinski definition) is 4. The van der Waals surface area contributed by atoms with Crippen LogP contribution in [0.4, 0.5) is 0 Å². The first-order chi connectivity index (χ1) is 7.59. The van der Waals surface area contributed by atoms with Crippen LogP contribution in [0.2, 0.25) is 10.0 Å². The van der Waals surface area contributed by atoms with Crippen LogP contribution in [0.15, 0.2) is 23.4 Å². The van der Waals surface area contributed by atoms with E-state index in [0.717, 1.165) is 0 Å². The lowest BCUT2D eigenvalue weighted by molar-refractivity contribution is 0.670. The molecule has 2 rings (SSSR count). The molecule has 1 unspecified atom stereocenters. The zero-order valence-electron chi connectivity index (χ0n) is 8.09. The van der Waals surface area contributed by atoms with E-state index in [9.17, 15) is 4.21 Å². The summed E-state index contributed by atoms with van der Waals surface area (Å²) in [6.45, 7) is 0. The topological polar surface area (TPSA) is 60.7 Å². The molecular formula is C8H6Cl2N4OS. The maximum Gasteiger partial charge on any atom is 0.244 e. The Morgan fingerprint density at radius 1 is 1.38 bits per heavy atom. The third-order valence-electron chi connectivity index (χ3n) is 1.84. The van der Waals surface area contributed by atoms with Crippen molar-refractivity contribution in [1.29, 1.82) is 0 Å². The van der Waals surface area contributed by atoms with Crippen LogP contribution < -0.4 is 0 Å². The SMILES string of the molecule is CS(=O)c1nnnn1-c1ccc(Cl)cc1Cl. The third-order valence-corrected chi connectivity index (χ3v) is 3.14. The molecule has 0 saturated carbocycles. The van der Waals surface area contributed by atoms with Gasteiger partial charge in [0.1, 0.15) is 0 Å². The minimum Gasteiger partial charge on any atom is -0.251 e. The summed E-state index contributed by atoms with van der Waals surface area (Å²) in [6, 6.07) is 4.90. The molecule has 0 fully saturated rings. The minimum atomic E-state index is -1.29. The summed E-state index contributed by atoms with van der Waals surface area (Å²) in [5.41, 5.74) is 0.543. The number of hydrogen-bond donors (Lipinski definition) is 0. The van der Waals surface area contributed by atoms with Gasteiger partial charge in [0.15, 0.2) is 0 Å². The van der Waals surface area contributed by atoms with E-state index in [-0.39, 0.29) is 5.16 Å². The first-order valence-corrected chi connectivity index (χ1v) is 6.48. The summed E-state index contributed by atoms with van der Waals surface area (Å²) in [5, 5.41) is 12.0. The molecule has 0 aliphatic carbocycles. The van der Waals surface area contributed by atoms with E-state index in [2.05, 4.69) is 15.5 Å². The molecule has 0 saturated heterocycles. The Hall–Kier alpha value is -0.980. The lowest BCUT2D eigenvalue weighted by Crippen LogP contribution is -2.04. The number of nitrogens with zero attached hydrogens (tertiary/aromatic N) is 4. The highest BCUT2D eigenvalue weighted by molar-refractivity contribution is 7.84.